The molecule has 12 heteroatoms. The summed E-state index contributed by atoms with van der Waals surface area (Å²) in [6, 6.07) is 9.23. The number of amides is 2. The summed E-state index contributed by atoms with van der Waals surface area (Å²) >= 11 is 3.43. The van der Waals surface area contributed by atoms with Crippen LogP contribution in [0.1, 0.15) is 22.0 Å². The number of pyridine rings is 1. The number of ether oxygens (including phenoxy) is 1. The van der Waals surface area contributed by atoms with Gasteiger partial charge in [0, 0.05) is 21.9 Å². The average Bonchev–Trinajstić information content (AvgIpc) is 3.41. The second-order valence-corrected chi connectivity index (χ2v) is 8.59. The number of benzene rings is 1. The maximum atomic E-state index is 13.0. The zero-order valence-corrected chi connectivity index (χ0v) is 19.4. The van der Waals surface area contributed by atoms with Crippen molar-refractivity contribution in [2.75, 3.05) is 25.5 Å². The van der Waals surface area contributed by atoms with E-state index in [0.717, 1.165) is 10.0 Å². The number of nitrogens with one attached hydrogen (secondary N) is 1. The van der Waals surface area contributed by atoms with Gasteiger partial charge in [0.05, 0.1) is 37.5 Å². The lowest BCUT2D eigenvalue weighted by Gasteiger charge is -2.36. The van der Waals surface area contributed by atoms with Gasteiger partial charge in [0.15, 0.2) is 0 Å². The number of rotatable bonds is 4. The molecule has 0 saturated carbocycles. The standard InChI is InChI=1S/C21H19BrN8O3/c1-12-3-4-13(19-25-27-30(26-19)15-10-28(11-15)21(32)33-2)7-17(12)24-20(31)16-9-23-29-6-5-14(22)8-18(16)29/h3-9,15H,10-11H2,1-2H3,(H,24,31). The van der Waals surface area contributed by atoms with Crippen LogP contribution in [0.3, 0.4) is 0 Å². The minimum Gasteiger partial charge on any atom is -0.453 e. The summed E-state index contributed by atoms with van der Waals surface area (Å²) in [5.41, 5.74) is 3.41. The van der Waals surface area contributed by atoms with Gasteiger partial charge in [-0.3, -0.25) is 4.79 Å². The lowest BCUT2D eigenvalue weighted by atomic mass is 10.1. The van der Waals surface area contributed by atoms with Crippen molar-refractivity contribution in [1.29, 1.82) is 0 Å². The normalized spacial score (nSPS) is 13.7. The third-order valence-electron chi connectivity index (χ3n) is 5.52. The van der Waals surface area contributed by atoms with E-state index in [2.05, 4.69) is 41.8 Å². The van der Waals surface area contributed by atoms with E-state index in [1.807, 2.05) is 37.3 Å². The molecule has 1 aliphatic heterocycles. The Kier molecular flexibility index (Phi) is 5.29. The molecular weight excluding hydrogens is 492 g/mol. The molecule has 2 amide bonds. The largest absolute Gasteiger partial charge is 0.453 e. The number of fused-ring (bicyclic) bond motifs is 1. The second-order valence-electron chi connectivity index (χ2n) is 7.68. The number of hydrogen-bond acceptors (Lipinski definition) is 7. The number of nitrogens with zero attached hydrogens (tertiary/aromatic N) is 7. The van der Waals surface area contributed by atoms with Crippen LogP contribution in [0.5, 0.6) is 0 Å². The van der Waals surface area contributed by atoms with Gasteiger partial charge >= 0.3 is 6.09 Å². The Morgan fingerprint density at radius 1 is 1.21 bits per heavy atom. The van der Waals surface area contributed by atoms with E-state index in [-0.39, 0.29) is 18.0 Å². The molecule has 0 atom stereocenters. The molecule has 168 valence electrons. The summed E-state index contributed by atoms with van der Waals surface area (Å²) in [5, 5.41) is 19.9. The topological polar surface area (TPSA) is 120 Å². The van der Waals surface area contributed by atoms with Gasteiger partial charge in [0.1, 0.15) is 6.04 Å². The van der Waals surface area contributed by atoms with Crippen LogP contribution in [0.4, 0.5) is 10.5 Å². The predicted molar refractivity (Wildman–Crippen MR) is 122 cm³/mol. The smallest absolute Gasteiger partial charge is 0.409 e. The van der Waals surface area contributed by atoms with Crippen molar-refractivity contribution in [3.63, 3.8) is 0 Å². The number of methoxy groups -OCH3 is 1. The summed E-state index contributed by atoms with van der Waals surface area (Å²) in [6.07, 6.45) is 2.95. The lowest BCUT2D eigenvalue weighted by Crippen LogP contribution is -2.51. The van der Waals surface area contributed by atoms with Crippen LogP contribution in [0.25, 0.3) is 16.9 Å². The van der Waals surface area contributed by atoms with Crippen molar-refractivity contribution < 1.29 is 14.3 Å². The van der Waals surface area contributed by atoms with Crippen molar-refractivity contribution in [3.05, 3.63) is 58.3 Å². The number of aromatic nitrogens is 6. The van der Waals surface area contributed by atoms with Crippen molar-refractivity contribution in [2.24, 2.45) is 0 Å². The van der Waals surface area contributed by atoms with Crippen LogP contribution < -0.4 is 5.32 Å². The van der Waals surface area contributed by atoms with Crippen LogP contribution in [-0.2, 0) is 4.74 Å². The van der Waals surface area contributed by atoms with Crippen LogP contribution >= 0.6 is 15.9 Å². The van der Waals surface area contributed by atoms with Gasteiger partial charge in [0.25, 0.3) is 5.91 Å². The van der Waals surface area contributed by atoms with E-state index >= 15 is 0 Å². The molecular formula is C21H19BrN8O3. The molecule has 0 bridgehead atoms. The average molecular weight is 511 g/mol. The number of carbonyl (C=O) groups excluding carboxylic acids is 2. The molecule has 0 spiro atoms. The van der Waals surface area contributed by atoms with Crippen molar-refractivity contribution in [2.45, 2.75) is 13.0 Å². The quantitative estimate of drug-likeness (QED) is 0.448. The minimum atomic E-state index is -0.371. The molecule has 3 aromatic heterocycles. The number of tetrazole rings is 1. The number of likely N-dealkylation sites (tertiary alicyclic amines) is 1. The van der Waals surface area contributed by atoms with Crippen molar-refractivity contribution >= 4 is 39.1 Å². The number of halogens is 1. The Bertz CT molecular complexity index is 1380. The molecule has 1 fully saturated rings. The van der Waals surface area contributed by atoms with E-state index in [1.165, 1.54) is 11.9 Å². The van der Waals surface area contributed by atoms with Crippen LogP contribution in [0, 0.1) is 6.92 Å². The van der Waals surface area contributed by atoms with Crippen LogP contribution in [0.2, 0.25) is 0 Å². The summed E-state index contributed by atoms with van der Waals surface area (Å²) in [4.78, 5) is 27.6. The predicted octanol–water partition coefficient (Wildman–Crippen LogP) is 2.93. The molecule has 33 heavy (non-hydrogen) atoms. The zero-order chi connectivity index (χ0) is 23.1. The van der Waals surface area contributed by atoms with E-state index in [9.17, 15) is 9.59 Å². The Labute approximate surface area is 196 Å². The fourth-order valence-corrected chi connectivity index (χ4v) is 3.93. The molecule has 1 N–H and O–H groups in total. The highest BCUT2D eigenvalue weighted by Crippen LogP contribution is 2.26. The maximum absolute atomic E-state index is 13.0. The first kappa shape index (κ1) is 21.1. The number of hydrogen-bond donors (Lipinski definition) is 1. The first-order valence-electron chi connectivity index (χ1n) is 10.1. The monoisotopic (exact) mass is 510 g/mol. The number of carbonyl (C=O) groups is 2. The van der Waals surface area contributed by atoms with Crippen molar-refractivity contribution in [3.8, 4) is 11.4 Å². The second kappa shape index (κ2) is 8.28. The molecule has 0 unspecified atom stereocenters. The Balaban J connectivity index is 1.35. The summed E-state index contributed by atoms with van der Waals surface area (Å²) in [5.74, 6) is 0.166. The zero-order valence-electron chi connectivity index (χ0n) is 17.8. The van der Waals surface area contributed by atoms with E-state index in [1.54, 1.807) is 21.8 Å². The van der Waals surface area contributed by atoms with Gasteiger partial charge in [-0.1, -0.05) is 28.1 Å². The molecule has 4 heterocycles. The summed E-state index contributed by atoms with van der Waals surface area (Å²) in [7, 11) is 1.35. The fourth-order valence-electron chi connectivity index (χ4n) is 3.59. The van der Waals surface area contributed by atoms with Gasteiger partial charge < -0.3 is 15.0 Å². The lowest BCUT2D eigenvalue weighted by molar-refractivity contribution is 0.0621. The van der Waals surface area contributed by atoms with Gasteiger partial charge in [-0.25, -0.2) is 9.31 Å². The highest BCUT2D eigenvalue weighted by Gasteiger charge is 2.34. The molecule has 1 saturated heterocycles. The first-order valence-corrected chi connectivity index (χ1v) is 10.9. The highest BCUT2D eigenvalue weighted by atomic mass is 79.9. The van der Waals surface area contributed by atoms with Gasteiger partial charge in [0.2, 0.25) is 5.82 Å². The first-order chi connectivity index (χ1) is 15.9. The van der Waals surface area contributed by atoms with Gasteiger partial charge in [-0.2, -0.15) is 9.90 Å². The molecule has 0 radical (unpaired) electrons. The fraction of sp³-hybridized carbons (Fsp3) is 0.238. The molecule has 1 aliphatic rings. The highest BCUT2D eigenvalue weighted by molar-refractivity contribution is 9.10. The summed E-state index contributed by atoms with van der Waals surface area (Å²) in [6.45, 7) is 2.84. The van der Waals surface area contributed by atoms with Gasteiger partial charge in [-0.05, 0) is 35.9 Å². The van der Waals surface area contributed by atoms with E-state index in [4.69, 9.17) is 4.74 Å². The number of anilines is 1. The Morgan fingerprint density at radius 3 is 2.82 bits per heavy atom. The summed E-state index contributed by atoms with van der Waals surface area (Å²) < 4.78 is 7.21. The molecule has 1 aromatic carbocycles. The van der Waals surface area contributed by atoms with E-state index < -0.39 is 0 Å². The third-order valence-corrected chi connectivity index (χ3v) is 6.02. The molecule has 4 aromatic rings. The van der Waals surface area contributed by atoms with Crippen LogP contribution in [-0.4, -0.2) is 66.9 Å². The van der Waals surface area contributed by atoms with Crippen LogP contribution in [0.15, 0.2) is 47.2 Å². The Hall–Kier alpha value is -3.80. The van der Waals surface area contributed by atoms with E-state index in [0.29, 0.717) is 41.2 Å². The van der Waals surface area contributed by atoms with Crippen molar-refractivity contribution in [1.82, 2.24) is 34.7 Å². The third kappa shape index (κ3) is 3.93. The molecule has 0 aliphatic carbocycles. The van der Waals surface area contributed by atoms with Gasteiger partial charge in [-0.15, -0.1) is 10.2 Å². The minimum absolute atomic E-state index is 0.0510. The maximum Gasteiger partial charge on any atom is 0.409 e. The number of aryl methyl sites for hydroxylation is 1. The SMILES string of the molecule is COC(=O)N1CC(n2nnc(-c3ccc(C)c(NC(=O)c4cnn5ccc(Br)cc45)c3)n2)C1. The molecule has 11 nitrogen and oxygen atoms in total. The Morgan fingerprint density at radius 2 is 2.03 bits per heavy atom. The molecule has 5 rings (SSSR count).